The highest BCUT2D eigenvalue weighted by Gasteiger charge is 2.19. The molecule has 0 spiro atoms. The van der Waals surface area contributed by atoms with Gasteiger partial charge in [0.25, 0.3) is 0 Å². The molecule has 8 heteroatoms. The number of fused-ring (bicyclic) bond motifs is 1. The van der Waals surface area contributed by atoms with E-state index in [4.69, 9.17) is 37.7 Å². The van der Waals surface area contributed by atoms with Crippen LogP contribution in [0.1, 0.15) is 18.1 Å². The van der Waals surface area contributed by atoms with Crippen molar-refractivity contribution >= 4 is 46.1 Å². The van der Waals surface area contributed by atoms with E-state index >= 15 is 0 Å². The minimum absolute atomic E-state index is 0.300. The molecule has 0 aromatic heterocycles. The van der Waals surface area contributed by atoms with Crippen molar-refractivity contribution in [3.63, 3.8) is 0 Å². The first-order chi connectivity index (χ1) is 13.5. The van der Waals surface area contributed by atoms with Gasteiger partial charge < -0.3 is 9.47 Å². The summed E-state index contributed by atoms with van der Waals surface area (Å²) in [7, 11) is 3.10. The second-order valence-electron chi connectivity index (χ2n) is 6.03. The highest BCUT2D eigenvalue weighted by molar-refractivity contribution is 6.36. The predicted molar refractivity (Wildman–Crippen MR) is 115 cm³/mol. The summed E-state index contributed by atoms with van der Waals surface area (Å²) in [5.41, 5.74) is 6.68. The van der Waals surface area contributed by atoms with Gasteiger partial charge in [0.05, 0.1) is 23.7 Å². The van der Waals surface area contributed by atoms with Crippen molar-refractivity contribution < 1.29 is 9.47 Å². The lowest BCUT2D eigenvalue weighted by atomic mass is 10.0. The van der Waals surface area contributed by atoms with Gasteiger partial charge >= 0.3 is 0 Å². The second-order valence-corrected chi connectivity index (χ2v) is 6.88. The quantitative estimate of drug-likeness (QED) is 0.442. The van der Waals surface area contributed by atoms with Crippen molar-refractivity contribution in [2.24, 2.45) is 15.1 Å². The Kier molecular flexibility index (Phi) is 6.80. The van der Waals surface area contributed by atoms with Crippen LogP contribution < -0.4 is 5.43 Å². The molecule has 2 aromatic carbocycles. The van der Waals surface area contributed by atoms with Crippen molar-refractivity contribution in [3.05, 3.63) is 63.6 Å². The molecule has 1 aliphatic heterocycles. The summed E-state index contributed by atoms with van der Waals surface area (Å²) in [5.74, 6) is 0.580. The Morgan fingerprint density at radius 1 is 1.11 bits per heavy atom. The molecular formula is C20H20Cl2N4O2. The lowest BCUT2D eigenvalue weighted by Gasteiger charge is -2.13. The van der Waals surface area contributed by atoms with Gasteiger partial charge in [0.1, 0.15) is 5.84 Å². The molecule has 0 amide bonds. The van der Waals surface area contributed by atoms with Crippen molar-refractivity contribution in [2.45, 2.75) is 13.2 Å². The van der Waals surface area contributed by atoms with Crippen LogP contribution in [0.5, 0.6) is 0 Å². The molecule has 3 rings (SSSR count). The Morgan fingerprint density at radius 3 is 2.57 bits per heavy atom. The summed E-state index contributed by atoms with van der Waals surface area (Å²) in [6.07, 6.45) is -0.535. The molecule has 2 aromatic rings. The zero-order valence-electron chi connectivity index (χ0n) is 15.7. The maximum Gasteiger partial charge on any atom is 0.198 e. The molecule has 6 nitrogen and oxygen atoms in total. The molecule has 146 valence electrons. The van der Waals surface area contributed by atoms with Crippen molar-refractivity contribution in [2.75, 3.05) is 20.8 Å². The van der Waals surface area contributed by atoms with Crippen LogP contribution in [0.4, 0.5) is 5.69 Å². The maximum atomic E-state index is 6.41. The molecule has 1 heterocycles. The van der Waals surface area contributed by atoms with Crippen LogP contribution in [0.25, 0.3) is 0 Å². The van der Waals surface area contributed by atoms with Gasteiger partial charge in [-0.25, -0.2) is 4.99 Å². The third-order valence-electron chi connectivity index (χ3n) is 4.12. The van der Waals surface area contributed by atoms with E-state index in [2.05, 4.69) is 15.5 Å². The van der Waals surface area contributed by atoms with E-state index in [9.17, 15) is 0 Å². The van der Waals surface area contributed by atoms with Crippen molar-refractivity contribution in [3.8, 4) is 0 Å². The fourth-order valence-electron chi connectivity index (χ4n) is 2.80. The first kappa shape index (κ1) is 20.5. The molecule has 0 saturated heterocycles. The van der Waals surface area contributed by atoms with Crippen LogP contribution in [-0.2, 0) is 9.47 Å². The number of hydrazone groups is 1. The number of hydrogen-bond acceptors (Lipinski definition) is 6. The molecule has 0 fully saturated rings. The average Bonchev–Trinajstić information content (AvgIpc) is 2.87. The Bertz CT molecular complexity index is 953. The van der Waals surface area contributed by atoms with Crippen LogP contribution in [-0.4, -0.2) is 44.3 Å². The average molecular weight is 419 g/mol. The number of benzene rings is 2. The number of aliphatic imine (C=N–C) groups is 2. The number of halogens is 2. The van der Waals surface area contributed by atoms with Crippen LogP contribution in [0, 0.1) is 0 Å². The van der Waals surface area contributed by atoms with E-state index in [1.165, 1.54) is 0 Å². The number of nitrogens with one attached hydrogen (secondary N) is 1. The Labute approximate surface area is 173 Å². The van der Waals surface area contributed by atoms with Crippen molar-refractivity contribution in [1.82, 2.24) is 5.43 Å². The first-order valence-corrected chi connectivity index (χ1v) is 9.31. The van der Waals surface area contributed by atoms with E-state index in [1.807, 2.05) is 36.4 Å². The number of rotatable bonds is 5. The monoisotopic (exact) mass is 418 g/mol. The Hall–Kier alpha value is -2.25. The van der Waals surface area contributed by atoms with Crippen molar-refractivity contribution in [1.29, 1.82) is 0 Å². The van der Waals surface area contributed by atoms with Crippen LogP contribution in [0.2, 0.25) is 10.0 Å². The first-order valence-electron chi connectivity index (χ1n) is 8.56. The van der Waals surface area contributed by atoms with Gasteiger partial charge in [-0.05, 0) is 31.2 Å². The van der Waals surface area contributed by atoms with Gasteiger partial charge in [-0.15, -0.1) is 0 Å². The van der Waals surface area contributed by atoms with Gasteiger partial charge in [0.2, 0.25) is 0 Å². The van der Waals surface area contributed by atoms with Gasteiger partial charge in [0.15, 0.2) is 6.29 Å². The number of amidine groups is 1. The number of methoxy groups -OCH3 is 2. The minimum atomic E-state index is -0.535. The Balaban J connectivity index is 1.99. The molecule has 1 N–H and O–H groups in total. The third kappa shape index (κ3) is 4.59. The lowest BCUT2D eigenvalue weighted by Crippen LogP contribution is -2.28. The highest BCUT2D eigenvalue weighted by Crippen LogP contribution is 2.30. The molecule has 0 unspecified atom stereocenters. The zero-order chi connectivity index (χ0) is 20.1. The predicted octanol–water partition coefficient (Wildman–Crippen LogP) is 4.46. The summed E-state index contributed by atoms with van der Waals surface area (Å²) in [5, 5.41) is 5.51. The largest absolute Gasteiger partial charge is 0.351 e. The zero-order valence-corrected chi connectivity index (χ0v) is 17.3. The molecule has 0 saturated carbocycles. The summed E-state index contributed by atoms with van der Waals surface area (Å²) in [4.78, 5) is 9.40. The summed E-state index contributed by atoms with van der Waals surface area (Å²) < 4.78 is 10.4. The molecule has 0 bridgehead atoms. The summed E-state index contributed by atoms with van der Waals surface area (Å²) >= 11 is 12.6. The van der Waals surface area contributed by atoms with Gasteiger partial charge in [-0.1, -0.05) is 41.4 Å². The lowest BCUT2D eigenvalue weighted by molar-refractivity contribution is -0.0525. The number of ether oxygens (including phenoxy) is 2. The topological polar surface area (TPSA) is 67.6 Å². The van der Waals surface area contributed by atoms with E-state index in [1.54, 1.807) is 27.2 Å². The highest BCUT2D eigenvalue weighted by atomic mass is 35.5. The summed E-state index contributed by atoms with van der Waals surface area (Å²) in [6.45, 7) is 2.10. The van der Waals surface area contributed by atoms with E-state index in [0.29, 0.717) is 28.1 Å². The van der Waals surface area contributed by atoms with Crippen LogP contribution in [0.15, 0.2) is 57.6 Å². The van der Waals surface area contributed by atoms with Gasteiger partial charge in [-0.3, -0.25) is 10.4 Å². The molecular weight excluding hydrogens is 399 g/mol. The Morgan fingerprint density at radius 2 is 1.86 bits per heavy atom. The SMILES string of the molecule is COC(OC)/C(C)=N\NC1=Nc2ccc(Cl)cc2C(c2ccccc2Cl)=NC1. The fraction of sp³-hybridized carbons (Fsp3) is 0.250. The second kappa shape index (κ2) is 9.30. The molecule has 0 radical (unpaired) electrons. The van der Waals surface area contributed by atoms with Crippen LogP contribution in [0.3, 0.4) is 0 Å². The van der Waals surface area contributed by atoms with E-state index < -0.39 is 6.29 Å². The fourth-order valence-corrected chi connectivity index (χ4v) is 3.20. The van der Waals surface area contributed by atoms with E-state index in [-0.39, 0.29) is 0 Å². The van der Waals surface area contributed by atoms with Gasteiger partial charge in [0, 0.05) is 35.4 Å². The standard InChI is InChI=1S/C20H20Cl2N4O2/c1-12(20(27-2)28-3)25-26-18-11-23-19(14-6-4-5-7-16(14)22)15-10-13(21)8-9-17(15)24-18/h4-10,20H,11H2,1-3H3,(H,24,26)/b25-12-. The normalized spacial score (nSPS) is 14.3. The minimum Gasteiger partial charge on any atom is -0.351 e. The molecule has 0 aliphatic carbocycles. The third-order valence-corrected chi connectivity index (χ3v) is 4.68. The van der Waals surface area contributed by atoms with E-state index in [0.717, 1.165) is 22.5 Å². The van der Waals surface area contributed by atoms with Crippen LogP contribution >= 0.6 is 23.2 Å². The molecule has 28 heavy (non-hydrogen) atoms. The van der Waals surface area contributed by atoms with Gasteiger partial charge in [-0.2, -0.15) is 5.10 Å². The smallest absolute Gasteiger partial charge is 0.198 e. The number of hydrogen-bond donors (Lipinski definition) is 1. The maximum absolute atomic E-state index is 6.41. The number of nitrogens with zero attached hydrogens (tertiary/aromatic N) is 3. The molecule has 0 atom stereocenters. The summed E-state index contributed by atoms with van der Waals surface area (Å²) in [6, 6.07) is 13.0. The molecule has 1 aliphatic rings.